The van der Waals surface area contributed by atoms with Crippen LogP contribution in [-0.2, 0) is 16.0 Å². The van der Waals surface area contributed by atoms with Gasteiger partial charge in [0, 0.05) is 43.8 Å². The first kappa shape index (κ1) is 23.4. The average molecular weight is 469 g/mol. The summed E-state index contributed by atoms with van der Waals surface area (Å²) in [5.41, 5.74) is 7.21. The van der Waals surface area contributed by atoms with Gasteiger partial charge in [-0.3, -0.25) is 4.98 Å². The number of hydrogen-bond acceptors (Lipinski definition) is 12. The Labute approximate surface area is 197 Å². The van der Waals surface area contributed by atoms with E-state index in [1.165, 1.54) is 0 Å². The van der Waals surface area contributed by atoms with Gasteiger partial charge in [-0.15, -0.1) is 0 Å². The minimum Gasteiger partial charge on any atom is -0.454 e. The third kappa shape index (κ3) is 7.13. The van der Waals surface area contributed by atoms with Crippen LogP contribution in [0.25, 0.3) is 0 Å². The van der Waals surface area contributed by atoms with E-state index in [0.29, 0.717) is 75.4 Å². The molecule has 0 bridgehead atoms. The number of benzene rings is 1. The number of pyridine rings is 1. The van der Waals surface area contributed by atoms with Crippen LogP contribution < -0.4 is 31.2 Å². The number of aromatic nitrogens is 4. The first-order valence-electron chi connectivity index (χ1n) is 10.9. The van der Waals surface area contributed by atoms with Crippen molar-refractivity contribution in [3.8, 4) is 11.5 Å². The van der Waals surface area contributed by atoms with E-state index >= 15 is 0 Å². The molecular weight excluding hydrogens is 440 g/mol. The Bertz CT molecular complexity index is 1040. The molecule has 0 fully saturated rings. The van der Waals surface area contributed by atoms with Crippen LogP contribution in [-0.4, -0.2) is 66.2 Å². The highest BCUT2D eigenvalue weighted by Crippen LogP contribution is 2.34. The Morgan fingerprint density at radius 2 is 1.56 bits per heavy atom. The first-order valence-corrected chi connectivity index (χ1v) is 10.9. The molecule has 0 saturated heterocycles. The van der Waals surface area contributed by atoms with Crippen molar-refractivity contribution in [3.63, 3.8) is 0 Å². The number of nitrogens with zero attached hydrogens (tertiary/aromatic N) is 4. The van der Waals surface area contributed by atoms with Crippen molar-refractivity contribution in [2.24, 2.45) is 5.73 Å². The molecule has 4 rings (SSSR count). The van der Waals surface area contributed by atoms with Gasteiger partial charge in [0.25, 0.3) is 0 Å². The molecule has 180 valence electrons. The fraction of sp³-hybridized carbons (Fsp3) is 0.364. The monoisotopic (exact) mass is 468 g/mol. The second-order valence-corrected chi connectivity index (χ2v) is 7.15. The van der Waals surface area contributed by atoms with Crippen molar-refractivity contribution in [2.75, 3.05) is 62.3 Å². The molecule has 0 saturated carbocycles. The summed E-state index contributed by atoms with van der Waals surface area (Å²) in [6.45, 7) is 3.78. The molecule has 0 atom stereocenters. The van der Waals surface area contributed by atoms with Crippen molar-refractivity contribution < 1.29 is 18.9 Å². The summed E-state index contributed by atoms with van der Waals surface area (Å²) in [6, 6.07) is 9.39. The van der Waals surface area contributed by atoms with E-state index in [-0.39, 0.29) is 6.79 Å². The second-order valence-electron chi connectivity index (χ2n) is 7.15. The highest BCUT2D eigenvalue weighted by atomic mass is 16.7. The van der Waals surface area contributed by atoms with Gasteiger partial charge >= 0.3 is 0 Å². The zero-order valence-electron chi connectivity index (χ0n) is 18.7. The van der Waals surface area contributed by atoms with Crippen molar-refractivity contribution >= 4 is 23.5 Å². The van der Waals surface area contributed by atoms with Gasteiger partial charge < -0.3 is 40.6 Å². The number of fused-ring (bicyclic) bond motifs is 1. The Hall–Kier alpha value is -3.74. The van der Waals surface area contributed by atoms with Gasteiger partial charge in [-0.1, -0.05) is 0 Å². The lowest BCUT2D eigenvalue weighted by molar-refractivity contribution is 0.0547. The van der Waals surface area contributed by atoms with Gasteiger partial charge in [0.05, 0.1) is 26.4 Å². The third-order valence-corrected chi connectivity index (χ3v) is 4.63. The highest BCUT2D eigenvalue weighted by Gasteiger charge is 2.14. The molecule has 1 aromatic carbocycles. The molecule has 0 aliphatic carbocycles. The van der Waals surface area contributed by atoms with Crippen LogP contribution >= 0.6 is 0 Å². The van der Waals surface area contributed by atoms with E-state index in [0.717, 1.165) is 11.3 Å². The quantitative estimate of drug-likeness (QED) is 0.255. The molecule has 3 aromatic rings. The lowest BCUT2D eigenvalue weighted by atomic mass is 10.3. The summed E-state index contributed by atoms with van der Waals surface area (Å²) >= 11 is 0. The summed E-state index contributed by atoms with van der Waals surface area (Å²) in [6.07, 6.45) is 3.48. The van der Waals surface area contributed by atoms with Gasteiger partial charge in [-0.05, 0) is 29.8 Å². The number of anilines is 4. The van der Waals surface area contributed by atoms with Crippen LogP contribution in [0.4, 0.5) is 23.5 Å². The first-order chi connectivity index (χ1) is 16.8. The minimum absolute atomic E-state index is 0.211. The normalized spacial score (nSPS) is 11.9. The molecule has 12 nitrogen and oxygen atoms in total. The van der Waals surface area contributed by atoms with Gasteiger partial charge in [-0.2, -0.15) is 15.0 Å². The van der Waals surface area contributed by atoms with E-state index in [1.807, 2.05) is 30.3 Å². The van der Waals surface area contributed by atoms with E-state index in [4.69, 9.17) is 24.7 Å². The summed E-state index contributed by atoms with van der Waals surface area (Å²) in [5, 5.41) is 9.59. The van der Waals surface area contributed by atoms with Crippen molar-refractivity contribution in [2.45, 2.75) is 6.54 Å². The van der Waals surface area contributed by atoms with E-state index in [1.54, 1.807) is 12.4 Å². The van der Waals surface area contributed by atoms with E-state index in [2.05, 4.69) is 35.9 Å². The lowest BCUT2D eigenvalue weighted by Gasteiger charge is -2.12. The van der Waals surface area contributed by atoms with Crippen LogP contribution in [0.5, 0.6) is 11.5 Å². The molecule has 12 heteroatoms. The molecule has 3 heterocycles. The largest absolute Gasteiger partial charge is 0.454 e. The Balaban J connectivity index is 1.38. The molecule has 1 aliphatic heterocycles. The Kier molecular flexibility index (Phi) is 8.60. The van der Waals surface area contributed by atoms with Crippen LogP contribution in [0.2, 0.25) is 0 Å². The second kappa shape index (κ2) is 12.5. The van der Waals surface area contributed by atoms with Gasteiger partial charge in [0.2, 0.25) is 24.6 Å². The van der Waals surface area contributed by atoms with Crippen LogP contribution in [0.1, 0.15) is 5.56 Å². The molecular formula is C22H28N8O4. The number of hydrogen-bond donors (Lipinski definition) is 4. The number of nitrogens with two attached hydrogens (primary N) is 1. The van der Waals surface area contributed by atoms with Crippen LogP contribution in [0, 0.1) is 0 Å². The number of nitrogens with one attached hydrogen (secondary N) is 3. The maximum absolute atomic E-state index is 5.54. The molecule has 34 heavy (non-hydrogen) atoms. The molecule has 0 amide bonds. The summed E-state index contributed by atoms with van der Waals surface area (Å²) in [7, 11) is 0. The van der Waals surface area contributed by atoms with Gasteiger partial charge in [0.1, 0.15) is 0 Å². The number of ether oxygens (including phenoxy) is 4. The molecule has 2 aromatic heterocycles. The van der Waals surface area contributed by atoms with Crippen LogP contribution in [0.3, 0.4) is 0 Å². The van der Waals surface area contributed by atoms with Crippen LogP contribution in [0.15, 0.2) is 42.7 Å². The Morgan fingerprint density at radius 3 is 2.38 bits per heavy atom. The molecule has 0 unspecified atom stereocenters. The van der Waals surface area contributed by atoms with Crippen molar-refractivity contribution in [3.05, 3.63) is 48.3 Å². The van der Waals surface area contributed by atoms with Gasteiger partial charge in [0.15, 0.2) is 11.5 Å². The minimum atomic E-state index is 0.211. The molecule has 5 N–H and O–H groups in total. The summed E-state index contributed by atoms with van der Waals surface area (Å²) in [4.78, 5) is 17.5. The summed E-state index contributed by atoms with van der Waals surface area (Å²) in [5.74, 6) is 2.59. The average Bonchev–Trinajstić information content (AvgIpc) is 3.33. The predicted molar refractivity (Wildman–Crippen MR) is 126 cm³/mol. The maximum Gasteiger partial charge on any atom is 0.233 e. The predicted octanol–water partition coefficient (Wildman–Crippen LogP) is 1.75. The van der Waals surface area contributed by atoms with E-state index in [9.17, 15) is 0 Å². The fourth-order valence-corrected chi connectivity index (χ4v) is 3.02. The van der Waals surface area contributed by atoms with Crippen molar-refractivity contribution in [1.29, 1.82) is 0 Å². The zero-order chi connectivity index (χ0) is 23.4. The lowest BCUT2D eigenvalue weighted by Crippen LogP contribution is -2.17. The third-order valence-electron chi connectivity index (χ3n) is 4.63. The molecule has 1 aliphatic rings. The van der Waals surface area contributed by atoms with E-state index < -0.39 is 0 Å². The zero-order valence-corrected chi connectivity index (χ0v) is 18.7. The fourth-order valence-electron chi connectivity index (χ4n) is 3.02. The standard InChI is InChI=1S/C22H28N8O4/c23-5-9-31-11-12-32-10-8-25-20-28-21(26-14-16-3-6-24-7-4-16)30-22(29-20)27-17-1-2-18-19(13-17)34-15-33-18/h1-4,6-7,13H,5,8-12,14-15,23H2,(H3,25,26,27,28,29,30). The van der Waals surface area contributed by atoms with Crippen molar-refractivity contribution in [1.82, 2.24) is 19.9 Å². The molecule has 0 radical (unpaired) electrons. The smallest absolute Gasteiger partial charge is 0.233 e. The Morgan fingerprint density at radius 1 is 0.824 bits per heavy atom. The summed E-state index contributed by atoms with van der Waals surface area (Å²) < 4.78 is 21.6. The van der Waals surface area contributed by atoms with Gasteiger partial charge in [-0.25, -0.2) is 0 Å². The SMILES string of the molecule is NCCOCCOCCNc1nc(NCc2ccncc2)nc(Nc2ccc3c(c2)OCO3)n1. The highest BCUT2D eigenvalue weighted by molar-refractivity contribution is 5.61. The number of rotatable bonds is 14. The maximum atomic E-state index is 5.54. The molecule has 0 spiro atoms. The topological polar surface area (TPSA) is 151 Å².